The zero-order chi connectivity index (χ0) is 17.5. The third-order valence-electron chi connectivity index (χ3n) is 3.21. The van der Waals surface area contributed by atoms with Crippen LogP contribution >= 0.6 is 0 Å². The number of rotatable bonds is 3. The van der Waals surface area contributed by atoms with Gasteiger partial charge in [0.2, 0.25) is 0 Å². The third kappa shape index (κ3) is 7.99. The van der Waals surface area contributed by atoms with E-state index in [0.717, 1.165) is 6.42 Å². The van der Waals surface area contributed by atoms with Gasteiger partial charge in [-0.15, -0.1) is 0 Å². The van der Waals surface area contributed by atoms with Crippen molar-refractivity contribution in [1.29, 1.82) is 0 Å². The van der Waals surface area contributed by atoms with Gasteiger partial charge in [-0.25, -0.2) is 0 Å². The molecule has 0 bridgehead atoms. The van der Waals surface area contributed by atoms with E-state index in [9.17, 15) is 4.79 Å². The van der Waals surface area contributed by atoms with E-state index >= 15 is 0 Å². The van der Waals surface area contributed by atoms with Crippen LogP contribution in [0.3, 0.4) is 0 Å². The summed E-state index contributed by atoms with van der Waals surface area (Å²) in [6, 6.07) is 8.15. The van der Waals surface area contributed by atoms with Gasteiger partial charge in [0, 0.05) is 24.5 Å². The van der Waals surface area contributed by atoms with Gasteiger partial charge in [-0.3, -0.25) is 4.79 Å². The summed E-state index contributed by atoms with van der Waals surface area (Å²) < 4.78 is 32.6. The molecular formula is C16H16CrO6. The molecule has 1 aromatic carbocycles. The van der Waals surface area contributed by atoms with Crippen LogP contribution in [0, 0.1) is 20.0 Å². The SMILES string of the molecule is COC(=O)C[C@@H]1C[C@H](OC)c2ccccc21.[C-]#[O+].[C-]#[O+].[C-]#[O+].[Cr]. The van der Waals surface area contributed by atoms with Crippen LogP contribution in [0.5, 0.6) is 0 Å². The molecule has 0 fully saturated rings. The number of carbonyl (C=O) groups excluding carboxylic acids is 1. The quantitative estimate of drug-likeness (QED) is 0.472. The first-order valence-electron chi connectivity index (χ1n) is 6.06. The number of esters is 1. The Balaban J connectivity index is -0.000000514. The van der Waals surface area contributed by atoms with Gasteiger partial charge in [0.1, 0.15) is 0 Å². The molecule has 23 heavy (non-hydrogen) atoms. The predicted octanol–water partition coefficient (Wildman–Crippen LogP) is 2.31. The first-order valence-corrected chi connectivity index (χ1v) is 6.06. The Kier molecular flexibility index (Phi) is 19.2. The molecule has 122 valence electrons. The predicted molar refractivity (Wildman–Crippen MR) is 72.0 cm³/mol. The van der Waals surface area contributed by atoms with Gasteiger partial charge in [0.25, 0.3) is 0 Å². The Bertz CT molecular complexity index is 495. The monoisotopic (exact) mass is 356 g/mol. The summed E-state index contributed by atoms with van der Waals surface area (Å²) in [7, 11) is 3.14. The number of fused-ring (bicyclic) bond motifs is 1. The molecule has 0 saturated heterocycles. The number of benzene rings is 1. The molecule has 2 atom stereocenters. The molecular weight excluding hydrogens is 340 g/mol. The third-order valence-corrected chi connectivity index (χ3v) is 3.21. The topological polar surface area (TPSA) is 95.2 Å². The summed E-state index contributed by atoms with van der Waals surface area (Å²) in [4.78, 5) is 11.3. The average molecular weight is 356 g/mol. The van der Waals surface area contributed by atoms with Gasteiger partial charge in [-0.2, -0.15) is 0 Å². The van der Waals surface area contributed by atoms with E-state index in [4.69, 9.17) is 23.4 Å². The van der Waals surface area contributed by atoms with Crippen LogP contribution in [-0.2, 0) is 45.6 Å². The molecule has 0 unspecified atom stereocenters. The van der Waals surface area contributed by atoms with Gasteiger partial charge in [0.05, 0.1) is 19.6 Å². The molecule has 0 heterocycles. The molecule has 1 aliphatic carbocycles. The second kappa shape index (κ2) is 16.8. The van der Waals surface area contributed by atoms with Crippen molar-refractivity contribution < 1.29 is 45.6 Å². The van der Waals surface area contributed by atoms with Crippen molar-refractivity contribution >= 4 is 5.97 Å². The summed E-state index contributed by atoms with van der Waals surface area (Å²) >= 11 is 0. The molecule has 0 spiro atoms. The minimum absolute atomic E-state index is 0. The second-order valence-corrected chi connectivity index (χ2v) is 4.07. The maximum atomic E-state index is 11.3. The molecule has 0 amide bonds. The normalized spacial score (nSPS) is 16.2. The van der Waals surface area contributed by atoms with E-state index in [1.54, 1.807) is 7.11 Å². The molecule has 7 heteroatoms. The maximum absolute atomic E-state index is 11.3. The van der Waals surface area contributed by atoms with Crippen LogP contribution in [0.15, 0.2) is 24.3 Å². The fourth-order valence-electron chi connectivity index (χ4n) is 2.39. The minimum atomic E-state index is -0.156. The van der Waals surface area contributed by atoms with E-state index in [1.807, 2.05) is 12.1 Å². The van der Waals surface area contributed by atoms with Crippen LogP contribution in [0.4, 0.5) is 0 Å². The molecule has 0 aromatic heterocycles. The van der Waals surface area contributed by atoms with Gasteiger partial charge in [0.15, 0.2) is 0 Å². The Morgan fingerprint density at radius 1 is 1.09 bits per heavy atom. The molecule has 0 aliphatic heterocycles. The van der Waals surface area contributed by atoms with E-state index in [2.05, 4.69) is 32.1 Å². The second-order valence-electron chi connectivity index (χ2n) is 4.07. The van der Waals surface area contributed by atoms with Gasteiger partial charge >= 0.3 is 39.9 Å². The van der Waals surface area contributed by atoms with Crippen molar-refractivity contribution in [2.45, 2.75) is 24.9 Å². The van der Waals surface area contributed by atoms with E-state index in [1.165, 1.54) is 18.2 Å². The summed E-state index contributed by atoms with van der Waals surface area (Å²) in [5.41, 5.74) is 2.43. The molecule has 0 saturated carbocycles. The van der Waals surface area contributed by atoms with Crippen molar-refractivity contribution in [3.05, 3.63) is 55.3 Å². The van der Waals surface area contributed by atoms with Crippen LogP contribution < -0.4 is 0 Å². The first-order chi connectivity index (χ1) is 10.8. The average Bonchev–Trinajstić information content (AvgIpc) is 2.98. The largest absolute Gasteiger partial charge is 0 e. The van der Waals surface area contributed by atoms with E-state index in [0.29, 0.717) is 6.42 Å². The summed E-state index contributed by atoms with van der Waals surface area (Å²) in [6.45, 7) is 13.5. The first kappa shape index (κ1) is 26.3. The Hall–Kier alpha value is -1.60. The fraction of sp³-hybridized carbons (Fsp3) is 0.375. The van der Waals surface area contributed by atoms with E-state index < -0.39 is 0 Å². The van der Waals surface area contributed by atoms with E-state index in [-0.39, 0.29) is 35.4 Å². The number of hydrogen-bond donors (Lipinski definition) is 0. The zero-order valence-electron chi connectivity index (χ0n) is 12.7. The zero-order valence-corrected chi connectivity index (χ0v) is 14.0. The van der Waals surface area contributed by atoms with Crippen molar-refractivity contribution in [2.75, 3.05) is 14.2 Å². The minimum Gasteiger partial charge on any atom is 0 e. The number of carbonyl (C=O) groups is 1. The molecule has 0 N–H and O–H groups in total. The van der Waals surface area contributed by atoms with Gasteiger partial charge < -0.3 is 9.47 Å². The molecule has 6 nitrogen and oxygen atoms in total. The summed E-state index contributed by atoms with van der Waals surface area (Å²) in [5.74, 6) is 0.0742. The standard InChI is InChI=1S/C13H16O3.3CO.Cr/c1-15-12-7-9(8-13(14)16-2)10-5-3-4-6-11(10)12;3*1-2;/h3-6,9,12H,7-8H2,1-2H3;;;;/t9-,12-;;;;/m0..../s1. The summed E-state index contributed by atoms with van der Waals surface area (Å²) in [6.07, 6.45) is 1.42. The molecule has 1 aromatic rings. The van der Waals surface area contributed by atoms with Crippen LogP contribution in [-0.4, -0.2) is 20.2 Å². The van der Waals surface area contributed by atoms with Crippen molar-refractivity contribution in [3.8, 4) is 0 Å². The van der Waals surface area contributed by atoms with Gasteiger partial charge in [-0.05, 0) is 23.5 Å². The maximum Gasteiger partial charge on any atom is 0 e. The van der Waals surface area contributed by atoms with Gasteiger partial charge in [-0.1, -0.05) is 24.3 Å². The Labute approximate surface area is 146 Å². The van der Waals surface area contributed by atoms with Crippen molar-refractivity contribution in [3.63, 3.8) is 0 Å². The van der Waals surface area contributed by atoms with Crippen molar-refractivity contribution in [2.24, 2.45) is 0 Å². The summed E-state index contributed by atoms with van der Waals surface area (Å²) in [5, 5.41) is 0. The smallest absolute Gasteiger partial charge is 0 e. The van der Waals surface area contributed by atoms with Crippen LogP contribution in [0.2, 0.25) is 0 Å². The fourth-order valence-corrected chi connectivity index (χ4v) is 2.39. The Morgan fingerprint density at radius 3 is 2.00 bits per heavy atom. The molecule has 2 rings (SSSR count). The number of hydrogen-bond acceptors (Lipinski definition) is 3. The van der Waals surface area contributed by atoms with Crippen LogP contribution in [0.25, 0.3) is 0 Å². The Morgan fingerprint density at radius 2 is 1.57 bits per heavy atom. The molecule has 1 aliphatic rings. The number of ether oxygens (including phenoxy) is 2. The van der Waals surface area contributed by atoms with Crippen molar-refractivity contribution in [1.82, 2.24) is 0 Å². The van der Waals surface area contributed by atoms with Crippen LogP contribution in [0.1, 0.15) is 36.0 Å². The number of methoxy groups -OCH3 is 2. The molecule has 0 radical (unpaired) electrons.